The third-order valence-corrected chi connectivity index (χ3v) is 3.35. The number of aromatic nitrogens is 1. The van der Waals surface area contributed by atoms with Gasteiger partial charge in [0, 0.05) is 11.8 Å². The summed E-state index contributed by atoms with van der Waals surface area (Å²) in [5, 5.41) is 0. The number of hydrogen-bond donors (Lipinski definition) is 1. The molecule has 2 heteroatoms. The Balaban J connectivity index is 2.32. The van der Waals surface area contributed by atoms with Crippen LogP contribution < -0.4 is 5.73 Å². The number of nitrogens with zero attached hydrogens (tertiary/aromatic N) is 1. The molecule has 94 valence electrons. The second kappa shape index (κ2) is 5.32. The maximum atomic E-state index is 4.57. The molecule has 0 unspecified atom stereocenters. The fourth-order valence-corrected chi connectivity index (χ4v) is 2.24. The van der Waals surface area contributed by atoms with Gasteiger partial charge in [0.2, 0.25) is 0 Å². The predicted octanol–water partition coefficient (Wildman–Crippen LogP) is 2.84. The fourth-order valence-electron chi connectivity index (χ4n) is 2.24. The van der Waals surface area contributed by atoms with E-state index in [4.69, 9.17) is 0 Å². The van der Waals surface area contributed by atoms with Gasteiger partial charge in [0.05, 0.1) is 0 Å². The smallest absolute Gasteiger partial charge is 0.153 e. The molecule has 0 radical (unpaired) electrons. The van der Waals surface area contributed by atoms with Crippen LogP contribution in [0.25, 0.3) is 0 Å². The highest BCUT2D eigenvalue weighted by atomic mass is 14.8. The van der Waals surface area contributed by atoms with E-state index in [1.54, 1.807) is 0 Å². The van der Waals surface area contributed by atoms with Gasteiger partial charge in [0.1, 0.15) is 5.69 Å². The minimum absolute atomic E-state index is 0.103. The van der Waals surface area contributed by atoms with Crippen molar-refractivity contribution in [3.8, 4) is 0 Å². The molecule has 1 heterocycles. The van der Waals surface area contributed by atoms with Crippen LogP contribution in [0.5, 0.6) is 0 Å². The number of aryl methyl sites for hydroxylation is 1. The average molecular weight is 241 g/mol. The summed E-state index contributed by atoms with van der Waals surface area (Å²) in [6, 6.07) is 12.6. The standard InChI is InChI=1S/C16H20N2/c1-11(2)14-10-18-15(9-12(14)3)16(17)13-7-5-4-6-8-13/h4-11,16H,17H2,1-3H3/p+1/t16-/m0/s1. The third kappa shape index (κ3) is 2.59. The van der Waals surface area contributed by atoms with Gasteiger partial charge >= 0.3 is 0 Å². The van der Waals surface area contributed by atoms with Crippen molar-refractivity contribution < 1.29 is 5.73 Å². The highest BCUT2D eigenvalue weighted by Gasteiger charge is 2.15. The highest BCUT2D eigenvalue weighted by Crippen LogP contribution is 2.22. The lowest BCUT2D eigenvalue weighted by Crippen LogP contribution is -2.54. The molecular formula is C16H21N2+. The van der Waals surface area contributed by atoms with Crippen LogP contribution in [0, 0.1) is 6.92 Å². The van der Waals surface area contributed by atoms with Crippen LogP contribution in [0.15, 0.2) is 42.6 Å². The molecule has 0 saturated heterocycles. The molecule has 2 nitrogen and oxygen atoms in total. The summed E-state index contributed by atoms with van der Waals surface area (Å²) in [4.78, 5) is 4.57. The average Bonchev–Trinajstić information content (AvgIpc) is 2.38. The first kappa shape index (κ1) is 12.8. The summed E-state index contributed by atoms with van der Waals surface area (Å²) in [6.45, 7) is 6.54. The fraction of sp³-hybridized carbons (Fsp3) is 0.312. The van der Waals surface area contributed by atoms with Gasteiger partial charge in [-0.05, 0) is 30.0 Å². The summed E-state index contributed by atoms with van der Waals surface area (Å²) < 4.78 is 0. The summed E-state index contributed by atoms with van der Waals surface area (Å²) in [7, 11) is 0. The van der Waals surface area contributed by atoms with E-state index in [1.807, 2.05) is 24.4 Å². The Labute approximate surface area is 109 Å². The first-order valence-corrected chi connectivity index (χ1v) is 6.44. The molecule has 1 aromatic heterocycles. The number of benzene rings is 1. The number of pyridine rings is 1. The monoisotopic (exact) mass is 241 g/mol. The molecule has 1 atom stereocenters. The third-order valence-electron chi connectivity index (χ3n) is 3.35. The normalized spacial score (nSPS) is 12.7. The van der Waals surface area contributed by atoms with Crippen molar-refractivity contribution in [3.63, 3.8) is 0 Å². The molecule has 0 aliphatic heterocycles. The van der Waals surface area contributed by atoms with Crippen LogP contribution in [-0.4, -0.2) is 4.98 Å². The van der Waals surface area contributed by atoms with Crippen LogP contribution in [0.2, 0.25) is 0 Å². The van der Waals surface area contributed by atoms with Gasteiger partial charge in [-0.15, -0.1) is 0 Å². The van der Waals surface area contributed by atoms with Gasteiger partial charge in [-0.25, -0.2) is 0 Å². The van der Waals surface area contributed by atoms with Gasteiger partial charge in [0.15, 0.2) is 6.04 Å². The van der Waals surface area contributed by atoms with Crippen molar-refractivity contribution in [2.24, 2.45) is 0 Å². The van der Waals surface area contributed by atoms with E-state index < -0.39 is 0 Å². The molecule has 0 aliphatic carbocycles. The Morgan fingerprint density at radius 2 is 1.78 bits per heavy atom. The first-order valence-electron chi connectivity index (χ1n) is 6.44. The Kier molecular flexibility index (Phi) is 3.78. The van der Waals surface area contributed by atoms with E-state index >= 15 is 0 Å². The zero-order valence-corrected chi connectivity index (χ0v) is 11.4. The number of hydrogen-bond acceptors (Lipinski definition) is 1. The van der Waals surface area contributed by atoms with Gasteiger partial charge in [-0.2, -0.15) is 0 Å². The topological polar surface area (TPSA) is 40.5 Å². The van der Waals surface area contributed by atoms with Crippen LogP contribution in [0.3, 0.4) is 0 Å². The Bertz CT molecular complexity index is 518. The summed E-state index contributed by atoms with van der Waals surface area (Å²) in [6.07, 6.45) is 2.00. The second-order valence-electron chi connectivity index (χ2n) is 5.08. The van der Waals surface area contributed by atoms with Crippen molar-refractivity contribution in [2.45, 2.75) is 32.7 Å². The Morgan fingerprint density at radius 1 is 1.11 bits per heavy atom. The molecular weight excluding hydrogens is 220 g/mol. The van der Waals surface area contributed by atoms with E-state index in [0.29, 0.717) is 5.92 Å². The molecule has 2 aromatic rings. The maximum Gasteiger partial charge on any atom is 0.153 e. The van der Waals surface area contributed by atoms with Gasteiger partial charge in [-0.3, -0.25) is 4.98 Å². The van der Waals surface area contributed by atoms with Gasteiger partial charge < -0.3 is 5.73 Å². The lowest BCUT2D eigenvalue weighted by atomic mass is 9.97. The molecule has 0 saturated carbocycles. The molecule has 0 amide bonds. The molecule has 2 rings (SSSR count). The van der Waals surface area contributed by atoms with E-state index in [9.17, 15) is 0 Å². The lowest BCUT2D eigenvalue weighted by Gasteiger charge is -2.13. The van der Waals surface area contributed by atoms with Crippen LogP contribution in [-0.2, 0) is 0 Å². The molecule has 1 aromatic carbocycles. The number of quaternary nitrogens is 1. The highest BCUT2D eigenvalue weighted by molar-refractivity contribution is 5.32. The van der Waals surface area contributed by atoms with Crippen LogP contribution >= 0.6 is 0 Å². The molecule has 3 N–H and O–H groups in total. The maximum absolute atomic E-state index is 4.57. The zero-order chi connectivity index (χ0) is 13.1. The van der Waals surface area contributed by atoms with Crippen molar-refractivity contribution in [1.29, 1.82) is 0 Å². The quantitative estimate of drug-likeness (QED) is 0.882. The largest absolute Gasteiger partial charge is 0.346 e. The van der Waals surface area contributed by atoms with Crippen LogP contribution in [0.1, 0.15) is 48.2 Å². The van der Waals surface area contributed by atoms with Gasteiger partial charge in [0.25, 0.3) is 0 Å². The summed E-state index contributed by atoms with van der Waals surface area (Å²) >= 11 is 0. The molecule has 0 fully saturated rings. The van der Waals surface area contributed by atoms with E-state index in [2.05, 4.69) is 49.7 Å². The zero-order valence-electron chi connectivity index (χ0n) is 11.4. The minimum Gasteiger partial charge on any atom is -0.346 e. The number of rotatable bonds is 3. The van der Waals surface area contributed by atoms with E-state index in [1.165, 1.54) is 16.7 Å². The minimum atomic E-state index is 0.103. The van der Waals surface area contributed by atoms with Crippen molar-refractivity contribution in [1.82, 2.24) is 4.98 Å². The predicted molar refractivity (Wildman–Crippen MR) is 74.2 cm³/mol. The molecule has 0 bridgehead atoms. The Hall–Kier alpha value is -1.67. The molecule has 18 heavy (non-hydrogen) atoms. The molecule has 0 aliphatic rings. The lowest BCUT2D eigenvalue weighted by molar-refractivity contribution is -0.412. The van der Waals surface area contributed by atoms with Crippen molar-refractivity contribution in [2.75, 3.05) is 0 Å². The van der Waals surface area contributed by atoms with E-state index in [0.717, 1.165) is 5.69 Å². The van der Waals surface area contributed by atoms with E-state index in [-0.39, 0.29) is 6.04 Å². The summed E-state index contributed by atoms with van der Waals surface area (Å²) in [5.74, 6) is 0.520. The van der Waals surface area contributed by atoms with Crippen LogP contribution in [0.4, 0.5) is 0 Å². The van der Waals surface area contributed by atoms with Crippen molar-refractivity contribution >= 4 is 0 Å². The first-order chi connectivity index (χ1) is 8.59. The second-order valence-corrected chi connectivity index (χ2v) is 5.08. The SMILES string of the molecule is Cc1cc([C@@H]([NH3+])c2ccccc2)ncc1C(C)C. The summed E-state index contributed by atoms with van der Waals surface area (Å²) in [5.41, 5.74) is 9.11. The van der Waals surface area contributed by atoms with Crippen molar-refractivity contribution in [3.05, 3.63) is 65.0 Å². The van der Waals surface area contributed by atoms with Gasteiger partial charge in [-0.1, -0.05) is 44.2 Å². The Morgan fingerprint density at radius 3 is 2.33 bits per heavy atom. The molecule has 0 spiro atoms.